The molecule has 0 bridgehead atoms. The molecule has 0 aliphatic carbocycles. The average molecular weight is 280 g/mol. The van der Waals surface area contributed by atoms with Crippen molar-refractivity contribution in [1.29, 1.82) is 0 Å². The van der Waals surface area contributed by atoms with Crippen LogP contribution < -0.4 is 10.6 Å². The number of anilines is 1. The first-order chi connectivity index (χ1) is 9.31. The van der Waals surface area contributed by atoms with Gasteiger partial charge in [0.2, 0.25) is 5.95 Å². The van der Waals surface area contributed by atoms with Crippen LogP contribution >= 0.6 is 11.6 Å². The van der Waals surface area contributed by atoms with Crippen molar-refractivity contribution in [2.75, 3.05) is 25.0 Å². The molecular formula is C13H18ClN5. The summed E-state index contributed by atoms with van der Waals surface area (Å²) in [5.74, 6) is 1.44. The summed E-state index contributed by atoms with van der Waals surface area (Å²) in [6, 6.07) is 3.69. The van der Waals surface area contributed by atoms with Gasteiger partial charge in [-0.05, 0) is 50.4 Å². The van der Waals surface area contributed by atoms with Gasteiger partial charge in [0.25, 0.3) is 0 Å². The number of hydrogen-bond donors (Lipinski definition) is 2. The van der Waals surface area contributed by atoms with Gasteiger partial charge < -0.3 is 10.6 Å². The van der Waals surface area contributed by atoms with E-state index in [9.17, 15) is 0 Å². The van der Waals surface area contributed by atoms with E-state index < -0.39 is 0 Å². The van der Waals surface area contributed by atoms with Crippen molar-refractivity contribution in [3.05, 3.63) is 23.4 Å². The molecule has 3 heterocycles. The Labute approximate surface area is 117 Å². The van der Waals surface area contributed by atoms with Crippen molar-refractivity contribution < 1.29 is 0 Å². The third kappa shape index (κ3) is 3.16. The molecule has 0 radical (unpaired) electrons. The van der Waals surface area contributed by atoms with Crippen molar-refractivity contribution in [2.45, 2.75) is 19.3 Å². The Balaban J connectivity index is 1.56. The van der Waals surface area contributed by atoms with Gasteiger partial charge in [0, 0.05) is 12.7 Å². The van der Waals surface area contributed by atoms with Gasteiger partial charge in [-0.2, -0.15) is 4.98 Å². The summed E-state index contributed by atoms with van der Waals surface area (Å²) in [4.78, 5) is 4.40. The van der Waals surface area contributed by atoms with E-state index in [4.69, 9.17) is 11.6 Å². The number of fused-ring (bicyclic) bond motifs is 1. The predicted molar refractivity (Wildman–Crippen MR) is 76.7 cm³/mol. The standard InChI is InChI=1S/C13H18ClN5/c14-11-3-4-12-17-13(18-19(12)9-11)16-7-5-10-2-1-6-15-8-10/h3-4,9-10,15H,1-2,5-8H2,(H,16,18). The smallest absolute Gasteiger partial charge is 0.243 e. The number of nitrogens with one attached hydrogen (secondary N) is 2. The topological polar surface area (TPSA) is 54.2 Å². The normalized spacial score (nSPS) is 19.7. The molecule has 0 spiro atoms. The molecule has 1 atom stereocenters. The number of aromatic nitrogens is 3. The second kappa shape index (κ2) is 5.75. The number of nitrogens with zero attached hydrogens (tertiary/aromatic N) is 3. The Bertz CT molecular complexity index is 547. The van der Waals surface area contributed by atoms with Gasteiger partial charge >= 0.3 is 0 Å². The maximum atomic E-state index is 5.92. The molecular weight excluding hydrogens is 262 g/mol. The van der Waals surface area contributed by atoms with Gasteiger partial charge in [-0.1, -0.05) is 11.6 Å². The quantitative estimate of drug-likeness (QED) is 0.901. The molecule has 1 aliphatic rings. The van der Waals surface area contributed by atoms with E-state index in [1.54, 1.807) is 10.7 Å². The van der Waals surface area contributed by atoms with Crippen LogP contribution in [0, 0.1) is 5.92 Å². The fraction of sp³-hybridized carbons (Fsp3) is 0.538. The Kier molecular flexibility index (Phi) is 3.84. The Hall–Kier alpha value is -1.33. The molecule has 19 heavy (non-hydrogen) atoms. The molecule has 1 saturated heterocycles. The highest BCUT2D eigenvalue weighted by Gasteiger charge is 2.12. The molecule has 1 fully saturated rings. The molecule has 0 amide bonds. The van der Waals surface area contributed by atoms with E-state index in [0.29, 0.717) is 11.0 Å². The summed E-state index contributed by atoms with van der Waals surface area (Å²) in [5, 5.41) is 11.7. The molecule has 1 aliphatic heterocycles. The first-order valence-electron chi connectivity index (χ1n) is 6.78. The summed E-state index contributed by atoms with van der Waals surface area (Å²) >= 11 is 5.92. The molecule has 2 aromatic heterocycles. The fourth-order valence-corrected chi connectivity index (χ4v) is 2.65. The second-order valence-corrected chi connectivity index (χ2v) is 5.45. The van der Waals surface area contributed by atoms with Gasteiger partial charge in [-0.15, -0.1) is 5.10 Å². The molecule has 0 aromatic carbocycles. The van der Waals surface area contributed by atoms with Crippen LogP contribution in [0.25, 0.3) is 5.65 Å². The number of hydrogen-bond acceptors (Lipinski definition) is 4. The summed E-state index contributed by atoms with van der Waals surface area (Å²) in [5.41, 5.74) is 0.811. The fourth-order valence-electron chi connectivity index (χ4n) is 2.49. The molecule has 0 saturated carbocycles. The Morgan fingerprint density at radius 1 is 1.47 bits per heavy atom. The van der Waals surface area contributed by atoms with Crippen molar-refractivity contribution >= 4 is 23.2 Å². The zero-order valence-corrected chi connectivity index (χ0v) is 11.5. The van der Waals surface area contributed by atoms with Gasteiger partial charge in [0.15, 0.2) is 5.65 Å². The zero-order chi connectivity index (χ0) is 13.1. The van der Waals surface area contributed by atoms with Crippen LogP contribution in [0.1, 0.15) is 19.3 Å². The number of piperidine rings is 1. The maximum absolute atomic E-state index is 5.92. The van der Waals surface area contributed by atoms with E-state index in [0.717, 1.165) is 31.1 Å². The minimum absolute atomic E-state index is 0.664. The monoisotopic (exact) mass is 279 g/mol. The van der Waals surface area contributed by atoms with Crippen LogP contribution in [0.5, 0.6) is 0 Å². The summed E-state index contributed by atoms with van der Waals surface area (Å²) in [7, 11) is 0. The summed E-state index contributed by atoms with van der Waals surface area (Å²) < 4.78 is 1.70. The van der Waals surface area contributed by atoms with Gasteiger partial charge in [0.1, 0.15) is 0 Å². The highest BCUT2D eigenvalue weighted by Crippen LogP contribution is 2.15. The first kappa shape index (κ1) is 12.7. The van der Waals surface area contributed by atoms with Crippen LogP contribution in [0.2, 0.25) is 5.02 Å². The molecule has 1 unspecified atom stereocenters. The van der Waals surface area contributed by atoms with Crippen molar-refractivity contribution in [1.82, 2.24) is 19.9 Å². The van der Waals surface area contributed by atoms with Gasteiger partial charge in [0.05, 0.1) is 5.02 Å². The third-order valence-electron chi connectivity index (χ3n) is 3.53. The maximum Gasteiger partial charge on any atom is 0.243 e. The highest BCUT2D eigenvalue weighted by molar-refractivity contribution is 6.30. The minimum Gasteiger partial charge on any atom is -0.353 e. The molecule has 6 heteroatoms. The number of pyridine rings is 1. The lowest BCUT2D eigenvalue weighted by Crippen LogP contribution is -2.30. The molecule has 2 N–H and O–H groups in total. The van der Waals surface area contributed by atoms with E-state index in [1.165, 1.54) is 19.4 Å². The lowest BCUT2D eigenvalue weighted by atomic mass is 9.96. The van der Waals surface area contributed by atoms with Crippen LogP contribution in [0.15, 0.2) is 18.3 Å². The average Bonchev–Trinajstić information content (AvgIpc) is 2.82. The van der Waals surface area contributed by atoms with Crippen LogP contribution in [0.3, 0.4) is 0 Å². The molecule has 3 rings (SSSR count). The van der Waals surface area contributed by atoms with Crippen LogP contribution in [-0.2, 0) is 0 Å². The predicted octanol–water partition coefficient (Wildman–Crippen LogP) is 2.18. The summed E-state index contributed by atoms with van der Waals surface area (Å²) in [6.45, 7) is 3.21. The lowest BCUT2D eigenvalue weighted by molar-refractivity contribution is 0.364. The van der Waals surface area contributed by atoms with Crippen molar-refractivity contribution in [3.8, 4) is 0 Å². The van der Waals surface area contributed by atoms with E-state index in [-0.39, 0.29) is 0 Å². The van der Waals surface area contributed by atoms with Crippen LogP contribution in [-0.4, -0.2) is 34.2 Å². The second-order valence-electron chi connectivity index (χ2n) is 5.01. The summed E-state index contributed by atoms with van der Waals surface area (Å²) in [6.07, 6.45) is 5.53. The van der Waals surface area contributed by atoms with Gasteiger partial charge in [-0.25, -0.2) is 4.52 Å². The van der Waals surface area contributed by atoms with E-state index in [1.807, 2.05) is 12.1 Å². The minimum atomic E-state index is 0.664. The van der Waals surface area contributed by atoms with Crippen molar-refractivity contribution in [3.63, 3.8) is 0 Å². The van der Waals surface area contributed by atoms with Crippen molar-refractivity contribution in [2.24, 2.45) is 5.92 Å². The third-order valence-corrected chi connectivity index (χ3v) is 3.75. The van der Waals surface area contributed by atoms with E-state index >= 15 is 0 Å². The molecule has 5 nitrogen and oxygen atoms in total. The first-order valence-corrected chi connectivity index (χ1v) is 7.15. The van der Waals surface area contributed by atoms with E-state index in [2.05, 4.69) is 20.7 Å². The highest BCUT2D eigenvalue weighted by atomic mass is 35.5. The van der Waals surface area contributed by atoms with Gasteiger partial charge in [-0.3, -0.25) is 0 Å². The number of halogens is 1. The molecule has 102 valence electrons. The Morgan fingerprint density at radius 2 is 2.42 bits per heavy atom. The zero-order valence-electron chi connectivity index (χ0n) is 10.8. The number of rotatable bonds is 4. The van der Waals surface area contributed by atoms with Crippen LogP contribution in [0.4, 0.5) is 5.95 Å². The Morgan fingerprint density at radius 3 is 3.26 bits per heavy atom. The largest absolute Gasteiger partial charge is 0.353 e. The lowest BCUT2D eigenvalue weighted by Gasteiger charge is -2.22. The molecule has 2 aromatic rings. The SMILES string of the molecule is Clc1ccc2nc(NCCC3CCCNC3)nn2c1.